The lowest BCUT2D eigenvalue weighted by atomic mass is 10.2. The van der Waals surface area contributed by atoms with Gasteiger partial charge in [-0.3, -0.25) is 4.79 Å². The maximum absolute atomic E-state index is 13.3. The van der Waals surface area contributed by atoms with Gasteiger partial charge in [-0.15, -0.1) is 0 Å². The number of nitrogen functional groups attached to an aromatic ring is 1. The number of carbonyl (C=O) groups excluding carboxylic acids is 1. The van der Waals surface area contributed by atoms with Gasteiger partial charge >= 0.3 is 0 Å². The van der Waals surface area contributed by atoms with Gasteiger partial charge < -0.3 is 11.1 Å². The molecule has 1 aromatic heterocycles. The smallest absolute Gasteiger partial charge is 0.275 e. The Bertz CT molecular complexity index is 671. The number of hydrogen-bond donors (Lipinski definition) is 2. The van der Waals surface area contributed by atoms with Crippen LogP contribution in [-0.4, -0.2) is 10.9 Å². The molecular weight excluding hydrogens is 328 g/mol. The van der Waals surface area contributed by atoms with Gasteiger partial charge in [0.15, 0.2) is 5.82 Å². The summed E-state index contributed by atoms with van der Waals surface area (Å²) in [5.41, 5.74) is 5.65. The second kappa shape index (κ2) is 5.83. The number of halogens is 4. The Morgan fingerprint density at radius 2 is 1.75 bits per heavy atom. The average molecular weight is 335 g/mol. The highest BCUT2D eigenvalue weighted by Crippen LogP contribution is 2.28. The van der Waals surface area contributed by atoms with E-state index in [9.17, 15) is 9.18 Å². The van der Waals surface area contributed by atoms with E-state index in [1.54, 1.807) is 0 Å². The first-order valence-electron chi connectivity index (χ1n) is 5.26. The lowest BCUT2D eigenvalue weighted by Crippen LogP contribution is -2.15. The molecule has 1 aromatic carbocycles. The van der Waals surface area contributed by atoms with Crippen molar-refractivity contribution in [2.24, 2.45) is 0 Å². The number of nitrogens with one attached hydrogen (secondary N) is 1. The van der Waals surface area contributed by atoms with Crippen molar-refractivity contribution < 1.29 is 9.18 Å². The van der Waals surface area contributed by atoms with E-state index >= 15 is 0 Å². The van der Waals surface area contributed by atoms with Crippen molar-refractivity contribution in [3.63, 3.8) is 0 Å². The molecule has 0 unspecified atom stereocenters. The van der Waals surface area contributed by atoms with Gasteiger partial charge in [-0.05, 0) is 24.3 Å². The van der Waals surface area contributed by atoms with Gasteiger partial charge in [0, 0.05) is 5.69 Å². The van der Waals surface area contributed by atoms with Crippen LogP contribution >= 0.6 is 34.8 Å². The van der Waals surface area contributed by atoms with Crippen molar-refractivity contribution in [2.45, 2.75) is 0 Å². The molecule has 4 nitrogen and oxygen atoms in total. The highest BCUT2D eigenvalue weighted by Gasteiger charge is 2.15. The van der Waals surface area contributed by atoms with Crippen LogP contribution < -0.4 is 11.1 Å². The molecule has 1 amide bonds. The lowest BCUT2D eigenvalue weighted by Gasteiger charge is -2.08. The van der Waals surface area contributed by atoms with Crippen LogP contribution in [-0.2, 0) is 0 Å². The molecule has 2 aromatic rings. The largest absolute Gasteiger partial charge is 0.384 e. The van der Waals surface area contributed by atoms with Gasteiger partial charge in [0.25, 0.3) is 5.91 Å². The SMILES string of the molecule is Nc1ccc(Cl)c(C(=O)Nc2cc(Cl)c(F)c(Cl)c2)n1. The number of pyridine rings is 1. The fourth-order valence-corrected chi connectivity index (χ4v) is 2.11. The number of aromatic nitrogens is 1. The molecule has 0 bridgehead atoms. The molecule has 104 valence electrons. The zero-order valence-electron chi connectivity index (χ0n) is 9.75. The number of anilines is 2. The highest BCUT2D eigenvalue weighted by molar-refractivity contribution is 6.36. The van der Waals surface area contributed by atoms with Crippen LogP contribution in [0.25, 0.3) is 0 Å². The van der Waals surface area contributed by atoms with Crippen LogP contribution in [0.2, 0.25) is 15.1 Å². The van der Waals surface area contributed by atoms with E-state index in [1.165, 1.54) is 24.3 Å². The number of nitrogens with zero attached hydrogens (tertiary/aromatic N) is 1. The van der Waals surface area contributed by atoms with Crippen LogP contribution in [0.4, 0.5) is 15.9 Å². The van der Waals surface area contributed by atoms with Crippen LogP contribution in [0.3, 0.4) is 0 Å². The summed E-state index contributed by atoms with van der Waals surface area (Å²) in [6.07, 6.45) is 0. The van der Waals surface area contributed by atoms with Gasteiger partial charge in [0.05, 0.1) is 15.1 Å². The van der Waals surface area contributed by atoms with Crippen molar-refractivity contribution in [1.82, 2.24) is 4.98 Å². The molecule has 3 N–H and O–H groups in total. The molecule has 0 fully saturated rings. The van der Waals surface area contributed by atoms with Crippen molar-refractivity contribution in [2.75, 3.05) is 11.1 Å². The fourth-order valence-electron chi connectivity index (χ4n) is 1.43. The molecule has 0 aliphatic heterocycles. The van der Waals surface area contributed by atoms with Crippen LogP contribution in [0.15, 0.2) is 24.3 Å². The van der Waals surface area contributed by atoms with Gasteiger partial charge in [-0.2, -0.15) is 0 Å². The standard InChI is InChI=1S/C12H7Cl3FN3O/c13-6-1-2-9(17)19-11(6)12(20)18-5-3-7(14)10(16)8(15)4-5/h1-4H,(H2,17,19)(H,18,20). The summed E-state index contributed by atoms with van der Waals surface area (Å²) in [6, 6.07) is 5.36. The Kier molecular flexibility index (Phi) is 4.32. The zero-order chi connectivity index (χ0) is 14.9. The Hall–Kier alpha value is -1.56. The summed E-state index contributed by atoms with van der Waals surface area (Å²) in [7, 11) is 0. The maximum atomic E-state index is 13.3. The minimum absolute atomic E-state index is 0.0526. The first-order valence-corrected chi connectivity index (χ1v) is 6.40. The normalized spacial score (nSPS) is 10.4. The predicted molar refractivity (Wildman–Crippen MR) is 78.0 cm³/mol. The number of benzene rings is 1. The molecule has 8 heteroatoms. The van der Waals surface area contributed by atoms with Crippen LogP contribution in [0.1, 0.15) is 10.5 Å². The summed E-state index contributed by atoms with van der Waals surface area (Å²) in [6.45, 7) is 0. The second-order valence-electron chi connectivity index (χ2n) is 3.77. The molecule has 0 saturated heterocycles. The minimum Gasteiger partial charge on any atom is -0.384 e. The van der Waals surface area contributed by atoms with Gasteiger partial charge in [0.1, 0.15) is 11.5 Å². The molecule has 1 heterocycles. The first kappa shape index (κ1) is 14.8. The summed E-state index contributed by atoms with van der Waals surface area (Å²) >= 11 is 17.1. The van der Waals surface area contributed by atoms with E-state index in [0.29, 0.717) is 0 Å². The number of rotatable bonds is 2. The Balaban J connectivity index is 2.30. The van der Waals surface area contributed by atoms with E-state index in [2.05, 4.69) is 10.3 Å². The van der Waals surface area contributed by atoms with Gasteiger partial charge in [-0.25, -0.2) is 9.37 Å². The molecule has 20 heavy (non-hydrogen) atoms. The molecule has 0 atom stereocenters. The van der Waals surface area contributed by atoms with E-state index < -0.39 is 11.7 Å². The Morgan fingerprint density at radius 1 is 1.15 bits per heavy atom. The second-order valence-corrected chi connectivity index (χ2v) is 5.00. The molecule has 0 radical (unpaired) electrons. The summed E-state index contributed by atoms with van der Waals surface area (Å²) in [5, 5.41) is 2.18. The number of nitrogens with two attached hydrogens (primary N) is 1. The van der Waals surface area contributed by atoms with E-state index in [4.69, 9.17) is 40.5 Å². The summed E-state index contributed by atoms with van der Waals surface area (Å²) in [4.78, 5) is 15.8. The minimum atomic E-state index is -0.758. The number of carbonyl (C=O) groups is 1. The number of amides is 1. The van der Waals surface area contributed by atoms with Crippen molar-refractivity contribution in [1.29, 1.82) is 0 Å². The molecule has 2 rings (SSSR count). The van der Waals surface area contributed by atoms with Gasteiger partial charge in [0.2, 0.25) is 0 Å². The summed E-state index contributed by atoms with van der Waals surface area (Å²) in [5.74, 6) is -1.22. The third-order valence-electron chi connectivity index (χ3n) is 2.32. The number of hydrogen-bond acceptors (Lipinski definition) is 3. The zero-order valence-corrected chi connectivity index (χ0v) is 12.0. The van der Waals surface area contributed by atoms with Crippen LogP contribution in [0, 0.1) is 5.82 Å². The molecule has 0 aliphatic carbocycles. The lowest BCUT2D eigenvalue weighted by molar-refractivity contribution is 0.102. The quantitative estimate of drug-likeness (QED) is 0.815. The molecule has 0 spiro atoms. The third-order valence-corrected chi connectivity index (χ3v) is 3.18. The monoisotopic (exact) mass is 333 g/mol. The van der Waals surface area contributed by atoms with Crippen molar-refractivity contribution in [3.8, 4) is 0 Å². The maximum Gasteiger partial charge on any atom is 0.275 e. The molecule has 0 saturated carbocycles. The van der Waals surface area contributed by atoms with E-state index in [0.717, 1.165) is 0 Å². The predicted octanol–water partition coefficient (Wildman–Crippen LogP) is 4.02. The first-order chi connectivity index (χ1) is 9.38. The third kappa shape index (κ3) is 3.12. The van der Waals surface area contributed by atoms with Crippen LogP contribution in [0.5, 0.6) is 0 Å². The Morgan fingerprint density at radius 3 is 2.35 bits per heavy atom. The molecule has 0 aliphatic rings. The highest BCUT2D eigenvalue weighted by atomic mass is 35.5. The van der Waals surface area contributed by atoms with Crippen molar-refractivity contribution in [3.05, 3.63) is 50.8 Å². The van der Waals surface area contributed by atoms with E-state index in [1.807, 2.05) is 0 Å². The average Bonchev–Trinajstić information content (AvgIpc) is 2.38. The van der Waals surface area contributed by atoms with Gasteiger partial charge in [-0.1, -0.05) is 34.8 Å². The Labute approximate surface area is 128 Å². The molecular formula is C12H7Cl3FN3O. The van der Waals surface area contributed by atoms with E-state index in [-0.39, 0.29) is 32.3 Å². The topological polar surface area (TPSA) is 68.0 Å². The van der Waals surface area contributed by atoms with Crippen molar-refractivity contribution >= 4 is 52.2 Å². The summed E-state index contributed by atoms with van der Waals surface area (Å²) < 4.78 is 13.3. The fraction of sp³-hybridized carbons (Fsp3) is 0.